The number of nitriles is 1. The third-order valence-corrected chi connectivity index (χ3v) is 3.01. The van der Waals surface area contributed by atoms with Crippen molar-refractivity contribution >= 4 is 17.6 Å². The van der Waals surface area contributed by atoms with Crippen LogP contribution in [0.15, 0.2) is 42.5 Å². The van der Waals surface area contributed by atoms with E-state index in [9.17, 15) is 9.59 Å². The first kappa shape index (κ1) is 14.3. The lowest BCUT2D eigenvalue weighted by atomic mass is 10.1. The molecule has 0 radical (unpaired) electrons. The predicted octanol–water partition coefficient (Wildman–Crippen LogP) is 2.82. The molecule has 0 aliphatic rings. The minimum atomic E-state index is -1.05. The van der Waals surface area contributed by atoms with E-state index in [0.717, 1.165) is 5.56 Å². The van der Waals surface area contributed by atoms with Gasteiger partial charge in [0.15, 0.2) is 0 Å². The molecule has 104 valence electrons. The number of benzene rings is 2. The SMILES string of the molecule is Cc1ccc(C(=O)O)cc1NC(=O)c1ccc(C#N)cc1. The fourth-order valence-electron chi connectivity index (χ4n) is 1.78. The minimum Gasteiger partial charge on any atom is -0.478 e. The molecule has 5 heteroatoms. The summed E-state index contributed by atoms with van der Waals surface area (Å²) in [6.07, 6.45) is 0. The van der Waals surface area contributed by atoms with Crippen molar-refractivity contribution in [2.24, 2.45) is 0 Å². The Labute approximate surface area is 121 Å². The second kappa shape index (κ2) is 5.88. The van der Waals surface area contributed by atoms with Crippen molar-refractivity contribution in [1.29, 1.82) is 5.26 Å². The highest BCUT2D eigenvalue weighted by atomic mass is 16.4. The van der Waals surface area contributed by atoms with Crippen molar-refractivity contribution in [3.05, 3.63) is 64.7 Å². The van der Waals surface area contributed by atoms with Crippen molar-refractivity contribution in [3.8, 4) is 6.07 Å². The Hall–Kier alpha value is -3.13. The first-order valence-corrected chi connectivity index (χ1v) is 6.16. The summed E-state index contributed by atoms with van der Waals surface area (Å²) in [5, 5.41) is 20.4. The molecule has 0 saturated heterocycles. The van der Waals surface area contributed by atoms with Gasteiger partial charge in [-0.1, -0.05) is 6.07 Å². The molecule has 2 rings (SSSR count). The molecule has 0 spiro atoms. The molecule has 0 fully saturated rings. The number of carboxylic acids is 1. The Bertz CT molecular complexity index is 743. The predicted molar refractivity (Wildman–Crippen MR) is 77.2 cm³/mol. The molecular weight excluding hydrogens is 268 g/mol. The zero-order chi connectivity index (χ0) is 15.4. The number of nitrogens with zero attached hydrogens (tertiary/aromatic N) is 1. The van der Waals surface area contributed by atoms with Crippen molar-refractivity contribution < 1.29 is 14.7 Å². The number of carbonyl (C=O) groups is 2. The number of anilines is 1. The number of aromatic carboxylic acids is 1. The van der Waals surface area contributed by atoms with Crippen LogP contribution in [0, 0.1) is 18.3 Å². The number of nitrogens with one attached hydrogen (secondary N) is 1. The maximum absolute atomic E-state index is 12.1. The van der Waals surface area contributed by atoms with Crippen LogP contribution in [0.1, 0.15) is 31.8 Å². The molecule has 21 heavy (non-hydrogen) atoms. The zero-order valence-corrected chi connectivity index (χ0v) is 11.3. The quantitative estimate of drug-likeness (QED) is 0.904. The number of carbonyl (C=O) groups excluding carboxylic acids is 1. The van der Waals surface area contributed by atoms with Crippen LogP contribution in [-0.2, 0) is 0 Å². The number of carboxylic acid groups (broad SMARTS) is 1. The van der Waals surface area contributed by atoms with Gasteiger partial charge in [0.1, 0.15) is 0 Å². The van der Waals surface area contributed by atoms with Crippen LogP contribution < -0.4 is 5.32 Å². The van der Waals surface area contributed by atoms with Crippen LogP contribution in [0.25, 0.3) is 0 Å². The van der Waals surface area contributed by atoms with Gasteiger partial charge in [0.05, 0.1) is 17.2 Å². The van der Waals surface area contributed by atoms with Gasteiger partial charge in [-0.15, -0.1) is 0 Å². The number of hydrogen-bond donors (Lipinski definition) is 2. The molecule has 0 heterocycles. The topological polar surface area (TPSA) is 90.2 Å². The number of rotatable bonds is 3. The number of aryl methyl sites for hydroxylation is 1. The first-order valence-electron chi connectivity index (χ1n) is 6.16. The molecule has 2 aromatic rings. The smallest absolute Gasteiger partial charge is 0.335 e. The molecule has 0 aliphatic carbocycles. The van der Waals surface area contributed by atoms with Gasteiger partial charge < -0.3 is 10.4 Å². The molecule has 2 aromatic carbocycles. The Morgan fingerprint density at radius 1 is 1.10 bits per heavy atom. The highest BCUT2D eigenvalue weighted by Crippen LogP contribution is 2.18. The van der Waals surface area contributed by atoms with Crippen LogP contribution in [0.5, 0.6) is 0 Å². The maximum Gasteiger partial charge on any atom is 0.335 e. The van der Waals surface area contributed by atoms with E-state index >= 15 is 0 Å². The zero-order valence-electron chi connectivity index (χ0n) is 11.3. The highest BCUT2D eigenvalue weighted by Gasteiger charge is 2.10. The normalized spacial score (nSPS) is 9.71. The van der Waals surface area contributed by atoms with Gasteiger partial charge in [0.25, 0.3) is 5.91 Å². The van der Waals surface area contributed by atoms with E-state index < -0.39 is 5.97 Å². The lowest BCUT2D eigenvalue weighted by Crippen LogP contribution is -2.13. The van der Waals surface area contributed by atoms with E-state index in [4.69, 9.17) is 10.4 Å². The van der Waals surface area contributed by atoms with E-state index in [2.05, 4.69) is 5.32 Å². The van der Waals surface area contributed by atoms with Crippen molar-refractivity contribution in [3.63, 3.8) is 0 Å². The summed E-state index contributed by atoms with van der Waals surface area (Å²) in [5.41, 5.74) is 2.19. The summed E-state index contributed by atoms with van der Waals surface area (Å²) in [6.45, 7) is 1.78. The van der Waals surface area contributed by atoms with E-state index in [-0.39, 0.29) is 11.5 Å². The molecule has 0 aliphatic heterocycles. The van der Waals surface area contributed by atoms with Gasteiger partial charge in [0.2, 0.25) is 0 Å². The summed E-state index contributed by atoms with van der Waals surface area (Å²) in [4.78, 5) is 23.1. The summed E-state index contributed by atoms with van der Waals surface area (Å²) in [7, 11) is 0. The highest BCUT2D eigenvalue weighted by molar-refractivity contribution is 6.05. The molecule has 0 unspecified atom stereocenters. The molecular formula is C16H12N2O3. The average Bonchev–Trinajstić information content (AvgIpc) is 2.49. The van der Waals surface area contributed by atoms with Crippen molar-refractivity contribution in [2.75, 3.05) is 5.32 Å². The maximum atomic E-state index is 12.1. The lowest BCUT2D eigenvalue weighted by Gasteiger charge is -2.09. The Kier molecular flexibility index (Phi) is 4.00. The van der Waals surface area contributed by atoms with Crippen LogP contribution in [0.2, 0.25) is 0 Å². The third kappa shape index (κ3) is 3.25. The van der Waals surface area contributed by atoms with Crippen LogP contribution in [-0.4, -0.2) is 17.0 Å². The molecule has 0 aromatic heterocycles. The number of amides is 1. The van der Waals surface area contributed by atoms with Gasteiger partial charge >= 0.3 is 5.97 Å². The summed E-state index contributed by atoms with van der Waals surface area (Å²) in [6, 6.07) is 12.7. The molecule has 0 bridgehead atoms. The second-order valence-corrected chi connectivity index (χ2v) is 4.48. The van der Waals surface area contributed by atoms with Crippen molar-refractivity contribution in [1.82, 2.24) is 0 Å². The van der Waals surface area contributed by atoms with Gasteiger partial charge in [-0.05, 0) is 48.9 Å². The summed E-state index contributed by atoms with van der Waals surface area (Å²) in [5.74, 6) is -1.41. The monoisotopic (exact) mass is 280 g/mol. The Balaban J connectivity index is 2.24. The molecule has 0 atom stereocenters. The second-order valence-electron chi connectivity index (χ2n) is 4.48. The van der Waals surface area contributed by atoms with Crippen LogP contribution >= 0.6 is 0 Å². The van der Waals surface area contributed by atoms with E-state index in [1.165, 1.54) is 12.1 Å². The molecule has 0 saturated carbocycles. The molecule has 2 N–H and O–H groups in total. The van der Waals surface area contributed by atoms with E-state index in [1.807, 2.05) is 6.07 Å². The summed E-state index contributed by atoms with van der Waals surface area (Å²) < 4.78 is 0. The van der Waals surface area contributed by atoms with E-state index in [1.54, 1.807) is 37.3 Å². The largest absolute Gasteiger partial charge is 0.478 e. The molecule has 5 nitrogen and oxygen atoms in total. The fourth-order valence-corrected chi connectivity index (χ4v) is 1.78. The van der Waals surface area contributed by atoms with Gasteiger partial charge in [0, 0.05) is 11.3 Å². The fraction of sp³-hybridized carbons (Fsp3) is 0.0625. The molecule has 1 amide bonds. The minimum absolute atomic E-state index is 0.107. The number of hydrogen-bond acceptors (Lipinski definition) is 3. The standard InChI is InChI=1S/C16H12N2O3/c1-10-2-5-13(16(20)21)8-14(10)18-15(19)12-6-3-11(9-17)4-7-12/h2-8H,1H3,(H,18,19)(H,20,21). The lowest BCUT2D eigenvalue weighted by molar-refractivity contribution is 0.0696. The third-order valence-electron chi connectivity index (χ3n) is 3.01. The van der Waals surface area contributed by atoms with Crippen molar-refractivity contribution in [2.45, 2.75) is 6.92 Å². The Morgan fingerprint density at radius 3 is 2.29 bits per heavy atom. The van der Waals surface area contributed by atoms with Gasteiger partial charge in [-0.3, -0.25) is 4.79 Å². The van der Waals surface area contributed by atoms with Gasteiger partial charge in [-0.25, -0.2) is 4.79 Å². The van der Waals surface area contributed by atoms with Crippen LogP contribution in [0.4, 0.5) is 5.69 Å². The van der Waals surface area contributed by atoms with Gasteiger partial charge in [-0.2, -0.15) is 5.26 Å². The first-order chi connectivity index (χ1) is 10.0. The Morgan fingerprint density at radius 2 is 1.71 bits per heavy atom. The van der Waals surface area contributed by atoms with Crippen LogP contribution in [0.3, 0.4) is 0 Å². The van der Waals surface area contributed by atoms with E-state index in [0.29, 0.717) is 16.8 Å². The summed E-state index contributed by atoms with van der Waals surface area (Å²) >= 11 is 0. The average molecular weight is 280 g/mol.